The molecule has 1 heterocycles. The summed E-state index contributed by atoms with van der Waals surface area (Å²) < 4.78 is 7.40. The molecule has 0 spiro atoms. The van der Waals surface area contributed by atoms with Gasteiger partial charge in [-0.1, -0.05) is 23.4 Å². The summed E-state index contributed by atoms with van der Waals surface area (Å²) in [7, 11) is 0. The monoisotopic (exact) mass is 217 g/mol. The number of ether oxygens (including phenoxy) is 1. The fraction of sp³-hybridized carbons (Fsp3) is 0.333. The van der Waals surface area contributed by atoms with Crippen LogP contribution >= 0.6 is 0 Å². The highest BCUT2D eigenvalue weighted by Gasteiger charge is 2.11. The summed E-state index contributed by atoms with van der Waals surface area (Å²) in [6.07, 6.45) is 3.74. The third-order valence-electron chi connectivity index (χ3n) is 2.31. The first-order chi connectivity index (χ1) is 7.86. The molecule has 2 rings (SSSR count). The lowest BCUT2D eigenvalue weighted by Crippen LogP contribution is -2.12. The molecule has 4 nitrogen and oxygen atoms in total. The highest BCUT2D eigenvalue weighted by Crippen LogP contribution is 2.17. The molecule has 0 saturated heterocycles. The second kappa shape index (κ2) is 4.90. The van der Waals surface area contributed by atoms with Crippen molar-refractivity contribution < 1.29 is 4.74 Å². The smallest absolute Gasteiger partial charge is 0.171 e. The van der Waals surface area contributed by atoms with Crippen molar-refractivity contribution in [3.05, 3.63) is 36.4 Å². The van der Waals surface area contributed by atoms with Gasteiger partial charge in [-0.3, -0.25) is 0 Å². The zero-order chi connectivity index (χ0) is 11.4. The van der Waals surface area contributed by atoms with Gasteiger partial charge in [-0.15, -0.1) is 5.10 Å². The van der Waals surface area contributed by atoms with Gasteiger partial charge >= 0.3 is 0 Å². The van der Waals surface area contributed by atoms with Crippen LogP contribution in [-0.2, 0) is 4.74 Å². The molecule has 0 saturated carbocycles. The third kappa shape index (κ3) is 1.97. The minimum Gasteiger partial charge on any atom is -0.353 e. The van der Waals surface area contributed by atoms with Gasteiger partial charge in [0, 0.05) is 6.61 Å². The molecule has 0 aliphatic heterocycles. The SMILES string of the molecule is C/C=C/C(OCC)n1nnc2ccccc21. The van der Waals surface area contributed by atoms with E-state index >= 15 is 0 Å². The summed E-state index contributed by atoms with van der Waals surface area (Å²) in [5, 5.41) is 8.23. The van der Waals surface area contributed by atoms with Crippen LogP contribution in [0.25, 0.3) is 11.0 Å². The number of fused-ring (bicyclic) bond motifs is 1. The molecule has 1 aromatic carbocycles. The average molecular weight is 217 g/mol. The molecule has 1 unspecified atom stereocenters. The van der Waals surface area contributed by atoms with Crippen LogP contribution in [0, 0.1) is 0 Å². The first kappa shape index (κ1) is 10.8. The van der Waals surface area contributed by atoms with E-state index in [9.17, 15) is 0 Å². The van der Waals surface area contributed by atoms with Crippen LogP contribution in [0.5, 0.6) is 0 Å². The summed E-state index contributed by atoms with van der Waals surface area (Å²) in [4.78, 5) is 0. The molecule has 1 aromatic heterocycles. The Kier molecular flexibility index (Phi) is 3.31. The molecule has 84 valence electrons. The van der Waals surface area contributed by atoms with Crippen LogP contribution in [-0.4, -0.2) is 21.6 Å². The van der Waals surface area contributed by atoms with Gasteiger partial charge in [-0.25, -0.2) is 4.68 Å². The molecular formula is C12H15N3O. The van der Waals surface area contributed by atoms with Gasteiger partial charge in [-0.2, -0.15) is 0 Å². The van der Waals surface area contributed by atoms with Gasteiger partial charge in [0.15, 0.2) is 6.23 Å². The predicted molar refractivity (Wildman–Crippen MR) is 63.0 cm³/mol. The summed E-state index contributed by atoms with van der Waals surface area (Å²) in [6.45, 7) is 4.57. The van der Waals surface area contributed by atoms with E-state index in [1.807, 2.05) is 50.3 Å². The predicted octanol–water partition coefficient (Wildman–Crippen LogP) is 2.54. The van der Waals surface area contributed by atoms with Crippen molar-refractivity contribution in [2.75, 3.05) is 6.61 Å². The van der Waals surface area contributed by atoms with Crippen molar-refractivity contribution in [2.24, 2.45) is 0 Å². The Bertz CT molecular complexity index is 490. The maximum atomic E-state index is 5.61. The molecule has 0 N–H and O–H groups in total. The Morgan fingerprint density at radius 3 is 3.00 bits per heavy atom. The number of hydrogen-bond acceptors (Lipinski definition) is 3. The number of benzene rings is 1. The number of aromatic nitrogens is 3. The molecule has 0 bridgehead atoms. The van der Waals surface area contributed by atoms with Crippen LogP contribution in [0.2, 0.25) is 0 Å². The van der Waals surface area contributed by atoms with Crippen molar-refractivity contribution in [3.63, 3.8) is 0 Å². The normalized spacial score (nSPS) is 13.6. The lowest BCUT2D eigenvalue weighted by molar-refractivity contribution is 0.0398. The Morgan fingerprint density at radius 2 is 2.25 bits per heavy atom. The lowest BCUT2D eigenvalue weighted by atomic mass is 10.3. The van der Waals surface area contributed by atoms with E-state index in [0.717, 1.165) is 11.0 Å². The Hall–Kier alpha value is -1.68. The number of nitrogens with zero attached hydrogens (tertiary/aromatic N) is 3. The molecule has 0 aliphatic carbocycles. The Labute approximate surface area is 94.5 Å². The van der Waals surface area contributed by atoms with Crippen molar-refractivity contribution in [2.45, 2.75) is 20.1 Å². The fourth-order valence-electron chi connectivity index (χ4n) is 1.62. The summed E-state index contributed by atoms with van der Waals surface area (Å²) in [6, 6.07) is 7.86. The van der Waals surface area contributed by atoms with Crippen LogP contribution in [0.15, 0.2) is 36.4 Å². The van der Waals surface area contributed by atoms with Gasteiger partial charge in [0.25, 0.3) is 0 Å². The van der Waals surface area contributed by atoms with Gasteiger partial charge < -0.3 is 4.74 Å². The van der Waals surface area contributed by atoms with Crippen LogP contribution in [0.1, 0.15) is 20.1 Å². The molecular weight excluding hydrogens is 202 g/mol. The maximum absolute atomic E-state index is 5.61. The number of rotatable bonds is 4. The minimum absolute atomic E-state index is 0.178. The number of hydrogen-bond donors (Lipinski definition) is 0. The van der Waals surface area contributed by atoms with Crippen molar-refractivity contribution in [3.8, 4) is 0 Å². The van der Waals surface area contributed by atoms with E-state index in [1.165, 1.54) is 0 Å². The fourth-order valence-corrected chi connectivity index (χ4v) is 1.62. The van der Waals surface area contributed by atoms with E-state index < -0.39 is 0 Å². The quantitative estimate of drug-likeness (QED) is 0.739. The van der Waals surface area contributed by atoms with E-state index in [1.54, 1.807) is 4.68 Å². The highest BCUT2D eigenvalue weighted by molar-refractivity contribution is 5.73. The molecule has 4 heteroatoms. The molecule has 0 amide bonds. The van der Waals surface area contributed by atoms with Gasteiger partial charge in [-0.05, 0) is 32.1 Å². The maximum Gasteiger partial charge on any atom is 0.171 e. The van der Waals surface area contributed by atoms with Crippen molar-refractivity contribution in [1.82, 2.24) is 15.0 Å². The van der Waals surface area contributed by atoms with E-state index in [2.05, 4.69) is 10.3 Å². The summed E-state index contributed by atoms with van der Waals surface area (Å²) in [5.74, 6) is 0. The molecule has 0 aliphatic rings. The van der Waals surface area contributed by atoms with Crippen molar-refractivity contribution >= 4 is 11.0 Å². The van der Waals surface area contributed by atoms with Gasteiger partial charge in [0.1, 0.15) is 5.52 Å². The first-order valence-electron chi connectivity index (χ1n) is 5.41. The van der Waals surface area contributed by atoms with Crippen LogP contribution < -0.4 is 0 Å². The largest absolute Gasteiger partial charge is 0.353 e. The van der Waals surface area contributed by atoms with E-state index in [0.29, 0.717) is 6.61 Å². The Balaban J connectivity index is 2.43. The van der Waals surface area contributed by atoms with E-state index in [4.69, 9.17) is 4.74 Å². The lowest BCUT2D eigenvalue weighted by Gasteiger charge is -2.13. The second-order valence-corrected chi connectivity index (χ2v) is 3.39. The van der Waals surface area contributed by atoms with E-state index in [-0.39, 0.29) is 6.23 Å². The topological polar surface area (TPSA) is 39.9 Å². The van der Waals surface area contributed by atoms with Crippen LogP contribution in [0.4, 0.5) is 0 Å². The minimum atomic E-state index is -0.178. The number of para-hydroxylation sites is 1. The van der Waals surface area contributed by atoms with Crippen molar-refractivity contribution in [1.29, 1.82) is 0 Å². The molecule has 0 fully saturated rings. The average Bonchev–Trinajstić information content (AvgIpc) is 2.72. The third-order valence-corrected chi connectivity index (χ3v) is 2.31. The second-order valence-electron chi connectivity index (χ2n) is 3.39. The summed E-state index contributed by atoms with van der Waals surface area (Å²) >= 11 is 0. The zero-order valence-electron chi connectivity index (χ0n) is 9.50. The zero-order valence-corrected chi connectivity index (χ0v) is 9.50. The first-order valence-corrected chi connectivity index (χ1v) is 5.41. The van der Waals surface area contributed by atoms with Crippen LogP contribution in [0.3, 0.4) is 0 Å². The summed E-state index contributed by atoms with van der Waals surface area (Å²) in [5.41, 5.74) is 1.87. The highest BCUT2D eigenvalue weighted by atomic mass is 16.5. The van der Waals surface area contributed by atoms with Gasteiger partial charge in [0.05, 0.1) is 5.52 Å². The molecule has 0 radical (unpaired) electrons. The molecule has 16 heavy (non-hydrogen) atoms. The number of allylic oxidation sites excluding steroid dienone is 1. The Morgan fingerprint density at radius 1 is 1.44 bits per heavy atom. The molecule has 2 aromatic rings. The van der Waals surface area contributed by atoms with Gasteiger partial charge in [0.2, 0.25) is 0 Å². The standard InChI is InChI=1S/C12H15N3O/c1-3-7-12(16-4-2)15-11-9-6-5-8-10(11)13-14-15/h3,5-9,12H,4H2,1-2H3/b7-3+. The molecule has 1 atom stereocenters.